The van der Waals surface area contributed by atoms with Crippen molar-refractivity contribution in [2.45, 2.75) is 26.2 Å². The minimum Gasteiger partial charge on any atom is -0.326 e. The van der Waals surface area contributed by atoms with Crippen molar-refractivity contribution < 1.29 is 14.4 Å². The predicted molar refractivity (Wildman–Crippen MR) is 98.9 cm³/mol. The maximum absolute atomic E-state index is 12.4. The van der Waals surface area contributed by atoms with Crippen LogP contribution in [0.4, 0.5) is 11.4 Å². The lowest BCUT2D eigenvalue weighted by molar-refractivity contribution is -0.128. The van der Waals surface area contributed by atoms with E-state index in [1.165, 1.54) is 11.3 Å². The Morgan fingerprint density at radius 1 is 1.12 bits per heavy atom. The van der Waals surface area contributed by atoms with E-state index in [1.807, 2.05) is 18.4 Å². The Hall–Kier alpha value is -2.47. The Balaban J connectivity index is 1.62. The van der Waals surface area contributed by atoms with E-state index in [9.17, 15) is 14.4 Å². The number of thiophene rings is 1. The molecule has 1 aromatic carbocycles. The van der Waals surface area contributed by atoms with Crippen LogP contribution in [-0.2, 0) is 9.59 Å². The Kier molecular flexibility index (Phi) is 5.28. The zero-order valence-electron chi connectivity index (χ0n) is 14.0. The molecule has 2 N–H and O–H groups in total. The van der Waals surface area contributed by atoms with Crippen molar-refractivity contribution in [2.75, 3.05) is 10.6 Å². The lowest BCUT2D eigenvalue weighted by Gasteiger charge is -2.24. The molecule has 2 atom stereocenters. The first-order chi connectivity index (χ1) is 12.0. The van der Waals surface area contributed by atoms with Gasteiger partial charge in [0.1, 0.15) is 5.78 Å². The number of nitrogens with one attached hydrogen (secondary N) is 2. The number of amides is 2. The van der Waals surface area contributed by atoms with E-state index in [0.29, 0.717) is 35.5 Å². The summed E-state index contributed by atoms with van der Waals surface area (Å²) in [7, 11) is 0. The van der Waals surface area contributed by atoms with Crippen LogP contribution in [0.5, 0.6) is 0 Å². The average Bonchev–Trinajstić information content (AvgIpc) is 3.12. The third kappa shape index (κ3) is 4.33. The Morgan fingerprint density at radius 2 is 1.88 bits per heavy atom. The van der Waals surface area contributed by atoms with Gasteiger partial charge in [0.25, 0.3) is 5.91 Å². The highest BCUT2D eigenvalue weighted by Crippen LogP contribution is 2.27. The SMILES string of the molecule is C[C@H]1C[C@H](C(=O)Nc2cccc(NC(=O)c3cccs3)c2)CCC1=O. The molecule has 130 valence electrons. The average molecular weight is 356 g/mol. The molecule has 6 heteroatoms. The molecule has 3 rings (SSSR count). The van der Waals surface area contributed by atoms with E-state index in [0.717, 1.165) is 0 Å². The molecule has 0 spiro atoms. The van der Waals surface area contributed by atoms with Gasteiger partial charge in [-0.1, -0.05) is 19.1 Å². The van der Waals surface area contributed by atoms with E-state index in [-0.39, 0.29) is 29.4 Å². The maximum Gasteiger partial charge on any atom is 0.265 e. The maximum atomic E-state index is 12.4. The van der Waals surface area contributed by atoms with Gasteiger partial charge in [-0.3, -0.25) is 14.4 Å². The summed E-state index contributed by atoms with van der Waals surface area (Å²) in [6.07, 6.45) is 1.67. The molecule has 0 radical (unpaired) electrons. The minimum absolute atomic E-state index is 0.0547. The molecule has 0 bridgehead atoms. The molecule has 0 aliphatic heterocycles. The van der Waals surface area contributed by atoms with E-state index < -0.39 is 0 Å². The van der Waals surface area contributed by atoms with Gasteiger partial charge < -0.3 is 10.6 Å². The van der Waals surface area contributed by atoms with E-state index in [1.54, 1.807) is 30.3 Å². The Bertz CT molecular complexity index is 786. The zero-order valence-corrected chi connectivity index (χ0v) is 14.8. The first-order valence-electron chi connectivity index (χ1n) is 8.31. The number of hydrogen-bond donors (Lipinski definition) is 2. The summed E-state index contributed by atoms with van der Waals surface area (Å²) >= 11 is 1.37. The van der Waals surface area contributed by atoms with Crippen molar-refractivity contribution in [3.63, 3.8) is 0 Å². The van der Waals surface area contributed by atoms with Crippen LogP contribution in [0.3, 0.4) is 0 Å². The summed E-state index contributed by atoms with van der Waals surface area (Å²) in [5.41, 5.74) is 1.27. The van der Waals surface area contributed by atoms with Crippen LogP contribution in [-0.4, -0.2) is 17.6 Å². The largest absolute Gasteiger partial charge is 0.326 e. The number of rotatable bonds is 4. The quantitative estimate of drug-likeness (QED) is 0.871. The molecule has 1 aliphatic rings. The monoisotopic (exact) mass is 356 g/mol. The molecular formula is C19H20N2O3S. The van der Waals surface area contributed by atoms with Gasteiger partial charge >= 0.3 is 0 Å². The topological polar surface area (TPSA) is 75.3 Å². The number of benzene rings is 1. The summed E-state index contributed by atoms with van der Waals surface area (Å²) < 4.78 is 0. The first-order valence-corrected chi connectivity index (χ1v) is 9.19. The van der Waals surface area contributed by atoms with Crippen LogP contribution in [0, 0.1) is 11.8 Å². The second-order valence-corrected chi connectivity index (χ2v) is 7.29. The van der Waals surface area contributed by atoms with Crippen molar-refractivity contribution in [3.05, 3.63) is 46.7 Å². The van der Waals surface area contributed by atoms with E-state index >= 15 is 0 Å². The van der Waals surface area contributed by atoms with Crippen LogP contribution in [0.25, 0.3) is 0 Å². The normalized spacial score (nSPS) is 20.1. The predicted octanol–water partition coefficient (Wildman–Crippen LogP) is 3.94. The number of carbonyl (C=O) groups is 3. The molecule has 5 nitrogen and oxygen atoms in total. The number of ketones is 1. The van der Waals surface area contributed by atoms with Gasteiger partial charge in [0, 0.05) is 29.6 Å². The summed E-state index contributed by atoms with van der Waals surface area (Å²) in [6, 6.07) is 10.7. The summed E-state index contributed by atoms with van der Waals surface area (Å²) in [4.78, 5) is 36.8. The fraction of sp³-hybridized carbons (Fsp3) is 0.316. The third-order valence-electron chi connectivity index (χ3n) is 4.43. The van der Waals surface area contributed by atoms with Crippen LogP contribution in [0.15, 0.2) is 41.8 Å². The first kappa shape index (κ1) is 17.4. The fourth-order valence-corrected chi connectivity index (χ4v) is 3.62. The lowest BCUT2D eigenvalue weighted by Crippen LogP contribution is -2.31. The van der Waals surface area contributed by atoms with E-state index in [2.05, 4.69) is 10.6 Å². The fourth-order valence-electron chi connectivity index (χ4n) is 3.00. The summed E-state index contributed by atoms with van der Waals surface area (Å²) in [6.45, 7) is 1.88. The van der Waals surface area contributed by atoms with Gasteiger partial charge in [0.05, 0.1) is 4.88 Å². The molecule has 1 heterocycles. The molecule has 0 unspecified atom stereocenters. The standard InChI is InChI=1S/C19H20N2O3S/c1-12-10-13(7-8-16(12)22)18(23)20-14-4-2-5-15(11-14)21-19(24)17-6-3-9-25-17/h2-6,9,11-13H,7-8,10H2,1H3,(H,20,23)(H,21,24)/t12-,13+/m0/s1. The van der Waals surface area contributed by atoms with E-state index in [4.69, 9.17) is 0 Å². The van der Waals surface area contributed by atoms with Gasteiger partial charge in [0.2, 0.25) is 5.91 Å². The Morgan fingerprint density at radius 3 is 2.56 bits per heavy atom. The number of anilines is 2. The van der Waals surface area contributed by atoms with Crippen LogP contribution < -0.4 is 10.6 Å². The second kappa shape index (κ2) is 7.61. The molecule has 0 saturated heterocycles. The van der Waals surface area contributed by atoms with Gasteiger partial charge in [-0.05, 0) is 42.5 Å². The molecule has 1 aliphatic carbocycles. The van der Waals surface area contributed by atoms with Crippen molar-refractivity contribution in [2.24, 2.45) is 11.8 Å². The number of carbonyl (C=O) groups excluding carboxylic acids is 3. The van der Waals surface area contributed by atoms with Crippen LogP contribution in [0.2, 0.25) is 0 Å². The smallest absolute Gasteiger partial charge is 0.265 e. The molecule has 25 heavy (non-hydrogen) atoms. The van der Waals surface area contributed by atoms with Crippen molar-refractivity contribution in [3.8, 4) is 0 Å². The van der Waals surface area contributed by atoms with Gasteiger partial charge in [-0.25, -0.2) is 0 Å². The second-order valence-electron chi connectivity index (χ2n) is 6.34. The van der Waals surface area contributed by atoms with Gasteiger partial charge in [-0.15, -0.1) is 11.3 Å². The molecule has 2 aromatic rings. The number of hydrogen-bond acceptors (Lipinski definition) is 4. The summed E-state index contributed by atoms with van der Waals surface area (Å²) in [5, 5.41) is 7.57. The zero-order chi connectivity index (χ0) is 17.8. The highest BCUT2D eigenvalue weighted by molar-refractivity contribution is 7.12. The van der Waals surface area contributed by atoms with Crippen molar-refractivity contribution >= 4 is 40.3 Å². The summed E-state index contributed by atoms with van der Waals surface area (Å²) in [5.74, 6) is -0.195. The Labute approximate surface area is 150 Å². The van der Waals surface area contributed by atoms with Gasteiger partial charge in [-0.2, -0.15) is 0 Å². The van der Waals surface area contributed by atoms with Crippen molar-refractivity contribution in [1.82, 2.24) is 0 Å². The lowest BCUT2D eigenvalue weighted by atomic mass is 9.81. The number of Topliss-reactive ketones (excluding diaryl/α,β-unsaturated/α-hetero) is 1. The highest BCUT2D eigenvalue weighted by atomic mass is 32.1. The van der Waals surface area contributed by atoms with Crippen molar-refractivity contribution in [1.29, 1.82) is 0 Å². The van der Waals surface area contributed by atoms with Crippen LogP contribution in [0.1, 0.15) is 35.9 Å². The third-order valence-corrected chi connectivity index (χ3v) is 5.30. The highest BCUT2D eigenvalue weighted by Gasteiger charge is 2.29. The van der Waals surface area contributed by atoms with Gasteiger partial charge in [0.15, 0.2) is 0 Å². The molecular weight excluding hydrogens is 336 g/mol. The molecule has 1 aromatic heterocycles. The molecule has 1 saturated carbocycles. The molecule has 1 fully saturated rings. The minimum atomic E-state index is -0.168. The molecule has 2 amide bonds. The van der Waals surface area contributed by atoms with Crippen LogP contribution >= 0.6 is 11.3 Å².